The fourth-order valence-corrected chi connectivity index (χ4v) is 3.02. The molecule has 1 atom stereocenters. The zero-order valence-corrected chi connectivity index (χ0v) is 13.0. The summed E-state index contributed by atoms with van der Waals surface area (Å²) < 4.78 is 18.7. The van der Waals surface area contributed by atoms with E-state index >= 15 is 0 Å². The van der Waals surface area contributed by atoms with Crippen molar-refractivity contribution >= 4 is 24.0 Å². The summed E-state index contributed by atoms with van der Waals surface area (Å²) in [6.07, 6.45) is 2.91. The number of benzene rings is 1. The molecule has 2 heterocycles. The molecule has 1 amide bonds. The summed E-state index contributed by atoms with van der Waals surface area (Å²) in [6, 6.07) is 4.30. The average molecular weight is 339 g/mol. The van der Waals surface area contributed by atoms with E-state index in [0.717, 1.165) is 24.8 Å². The fraction of sp³-hybridized carbons (Fsp3) is 0.400. The molecule has 0 spiro atoms. The molecule has 0 saturated heterocycles. The van der Waals surface area contributed by atoms with Crippen molar-refractivity contribution in [3.63, 3.8) is 0 Å². The Bertz CT molecular complexity index is 760. The maximum Gasteiger partial charge on any atom is 0.234 e. The van der Waals surface area contributed by atoms with Gasteiger partial charge in [0.05, 0.1) is 11.5 Å². The largest absolute Gasteiger partial charge is 0.339 e. The van der Waals surface area contributed by atoms with Crippen LogP contribution in [0.15, 0.2) is 22.7 Å². The van der Waals surface area contributed by atoms with Gasteiger partial charge >= 0.3 is 0 Å². The molecular weight excluding hydrogens is 323 g/mol. The lowest BCUT2D eigenvalue weighted by atomic mass is 9.77. The molecule has 1 unspecified atom stereocenters. The first-order chi connectivity index (χ1) is 10.5. The molecule has 1 aliphatic heterocycles. The molecule has 1 aromatic carbocycles. The quantitative estimate of drug-likeness (QED) is 0.877. The maximum absolute atomic E-state index is 13.3. The number of carbonyl (C=O) groups is 1. The summed E-state index contributed by atoms with van der Waals surface area (Å²) in [5.41, 5.74) is 6.91. The highest BCUT2D eigenvalue weighted by molar-refractivity contribution is 5.95. The van der Waals surface area contributed by atoms with Crippen LogP contribution in [0.25, 0.3) is 0 Å². The minimum absolute atomic E-state index is 0. The van der Waals surface area contributed by atoms with Crippen LogP contribution in [-0.2, 0) is 10.3 Å². The van der Waals surface area contributed by atoms with Crippen LogP contribution in [0.5, 0.6) is 0 Å². The average Bonchev–Trinajstić information content (AvgIpc) is 2.93. The van der Waals surface area contributed by atoms with Gasteiger partial charge in [0.25, 0.3) is 0 Å². The number of carbonyl (C=O) groups excluding carboxylic acids is 1. The van der Waals surface area contributed by atoms with Crippen molar-refractivity contribution in [2.75, 3.05) is 5.32 Å². The molecule has 3 N–H and O–H groups in total. The van der Waals surface area contributed by atoms with Gasteiger partial charge in [-0.25, -0.2) is 4.39 Å². The Morgan fingerprint density at radius 1 is 1.39 bits per heavy atom. The summed E-state index contributed by atoms with van der Waals surface area (Å²) in [4.78, 5) is 16.3. The van der Waals surface area contributed by atoms with Gasteiger partial charge in [0.15, 0.2) is 5.82 Å². The fourth-order valence-electron chi connectivity index (χ4n) is 3.02. The van der Waals surface area contributed by atoms with Crippen molar-refractivity contribution in [3.05, 3.63) is 41.3 Å². The lowest BCUT2D eigenvalue weighted by Gasteiger charge is -2.34. The van der Waals surface area contributed by atoms with Crippen LogP contribution in [0.4, 0.5) is 10.1 Å². The minimum Gasteiger partial charge on any atom is -0.339 e. The SMILES string of the molecule is Cl.NC1(c2noc(C3CC(=O)Nc4cc(F)ccc43)n2)CCC1. The first kappa shape index (κ1) is 15.9. The topological polar surface area (TPSA) is 94.0 Å². The zero-order chi connectivity index (χ0) is 15.3. The van der Waals surface area contributed by atoms with Crippen LogP contribution in [-0.4, -0.2) is 16.0 Å². The Balaban J connectivity index is 0.00000156. The monoisotopic (exact) mass is 338 g/mol. The first-order valence-electron chi connectivity index (χ1n) is 7.27. The van der Waals surface area contributed by atoms with E-state index in [9.17, 15) is 9.18 Å². The van der Waals surface area contributed by atoms with Crippen LogP contribution < -0.4 is 11.1 Å². The van der Waals surface area contributed by atoms with Gasteiger partial charge in [-0.15, -0.1) is 12.4 Å². The molecule has 8 heteroatoms. The number of nitrogens with two attached hydrogens (primary N) is 1. The second kappa shape index (κ2) is 5.58. The normalized spacial score (nSPS) is 21.7. The highest BCUT2D eigenvalue weighted by Gasteiger charge is 2.40. The third kappa shape index (κ3) is 2.60. The number of hydrogen-bond donors (Lipinski definition) is 2. The molecule has 1 saturated carbocycles. The van der Waals surface area contributed by atoms with E-state index in [4.69, 9.17) is 10.3 Å². The van der Waals surface area contributed by atoms with Crippen LogP contribution in [0.3, 0.4) is 0 Å². The van der Waals surface area contributed by atoms with Gasteiger partial charge in [-0.05, 0) is 37.0 Å². The second-order valence-electron chi connectivity index (χ2n) is 6.00. The number of amides is 1. The van der Waals surface area contributed by atoms with E-state index in [0.29, 0.717) is 17.4 Å². The van der Waals surface area contributed by atoms with E-state index < -0.39 is 11.4 Å². The lowest BCUT2D eigenvalue weighted by molar-refractivity contribution is -0.116. The van der Waals surface area contributed by atoms with Gasteiger partial charge < -0.3 is 15.6 Å². The highest BCUT2D eigenvalue weighted by Crippen LogP contribution is 2.40. The Hall–Kier alpha value is -1.99. The van der Waals surface area contributed by atoms with Gasteiger partial charge in [0.2, 0.25) is 11.8 Å². The maximum atomic E-state index is 13.3. The molecule has 2 aliphatic rings. The number of anilines is 1. The van der Waals surface area contributed by atoms with Crippen molar-refractivity contribution < 1.29 is 13.7 Å². The Morgan fingerprint density at radius 3 is 2.87 bits per heavy atom. The zero-order valence-electron chi connectivity index (χ0n) is 12.2. The van der Waals surface area contributed by atoms with Crippen LogP contribution >= 0.6 is 12.4 Å². The number of nitrogens with zero attached hydrogens (tertiary/aromatic N) is 2. The minimum atomic E-state index is -0.510. The Labute approximate surface area is 138 Å². The predicted molar refractivity (Wildman–Crippen MR) is 82.8 cm³/mol. The molecule has 122 valence electrons. The van der Waals surface area contributed by atoms with Gasteiger partial charge in [-0.3, -0.25) is 4.79 Å². The summed E-state index contributed by atoms with van der Waals surface area (Å²) in [7, 11) is 0. The smallest absolute Gasteiger partial charge is 0.234 e. The van der Waals surface area contributed by atoms with Crippen molar-refractivity contribution in [1.82, 2.24) is 10.1 Å². The molecule has 23 heavy (non-hydrogen) atoms. The van der Waals surface area contributed by atoms with E-state index in [1.54, 1.807) is 6.07 Å². The number of aromatic nitrogens is 2. The van der Waals surface area contributed by atoms with Crippen LogP contribution in [0.1, 0.15) is 48.9 Å². The standard InChI is InChI=1S/C15H15FN4O2.ClH/c16-8-2-3-9-10(7-12(21)18-11(9)6-8)13-19-14(20-22-13)15(17)4-1-5-15;/h2-3,6,10H,1,4-5,7,17H2,(H,18,21);1H. The summed E-state index contributed by atoms with van der Waals surface area (Å²) in [6.45, 7) is 0. The second-order valence-corrected chi connectivity index (χ2v) is 6.00. The number of hydrogen-bond acceptors (Lipinski definition) is 5. The van der Waals surface area contributed by atoms with Gasteiger partial charge in [-0.2, -0.15) is 4.98 Å². The molecular formula is C15H16ClFN4O2. The van der Waals surface area contributed by atoms with Crippen molar-refractivity contribution in [3.8, 4) is 0 Å². The Morgan fingerprint density at radius 2 is 2.17 bits per heavy atom. The number of halogens is 2. The molecule has 0 radical (unpaired) electrons. The predicted octanol–water partition coefficient (Wildman–Crippen LogP) is 2.44. The van der Waals surface area contributed by atoms with E-state index in [-0.39, 0.29) is 30.7 Å². The van der Waals surface area contributed by atoms with E-state index in [1.807, 2.05) is 0 Å². The lowest BCUT2D eigenvalue weighted by Crippen LogP contribution is -2.44. The summed E-state index contributed by atoms with van der Waals surface area (Å²) in [5.74, 6) is -0.123. The number of nitrogens with one attached hydrogen (secondary N) is 1. The van der Waals surface area contributed by atoms with Crippen molar-refractivity contribution in [2.24, 2.45) is 5.73 Å². The first-order valence-corrected chi connectivity index (χ1v) is 7.27. The molecule has 4 rings (SSSR count). The Kier molecular flexibility index (Phi) is 3.85. The van der Waals surface area contributed by atoms with Gasteiger partial charge in [0.1, 0.15) is 5.82 Å². The summed E-state index contributed by atoms with van der Waals surface area (Å²) >= 11 is 0. The van der Waals surface area contributed by atoms with Crippen LogP contribution in [0, 0.1) is 5.82 Å². The molecule has 1 aromatic heterocycles. The molecule has 2 aromatic rings. The van der Waals surface area contributed by atoms with Crippen LogP contribution in [0.2, 0.25) is 0 Å². The van der Waals surface area contributed by atoms with Gasteiger partial charge in [-0.1, -0.05) is 11.2 Å². The third-order valence-corrected chi connectivity index (χ3v) is 4.49. The molecule has 6 nitrogen and oxygen atoms in total. The summed E-state index contributed by atoms with van der Waals surface area (Å²) in [5, 5.41) is 6.65. The number of rotatable bonds is 2. The van der Waals surface area contributed by atoms with E-state index in [1.165, 1.54) is 12.1 Å². The number of fused-ring (bicyclic) bond motifs is 1. The molecule has 1 fully saturated rings. The van der Waals surface area contributed by atoms with Gasteiger partial charge in [0, 0.05) is 12.1 Å². The third-order valence-electron chi connectivity index (χ3n) is 4.49. The molecule has 1 aliphatic carbocycles. The molecule has 0 bridgehead atoms. The van der Waals surface area contributed by atoms with E-state index in [2.05, 4.69) is 15.5 Å². The van der Waals surface area contributed by atoms with Crippen molar-refractivity contribution in [1.29, 1.82) is 0 Å². The van der Waals surface area contributed by atoms with Crippen molar-refractivity contribution in [2.45, 2.75) is 37.1 Å². The highest BCUT2D eigenvalue weighted by atomic mass is 35.5.